The maximum Gasteiger partial charge on any atom is 0.326 e. The second kappa shape index (κ2) is 8.15. The number of carboxylic acid groups (broad SMARTS) is 1. The number of amides is 1. The van der Waals surface area contributed by atoms with Gasteiger partial charge in [-0.1, -0.05) is 39.5 Å². The average Bonchev–Trinajstić information content (AvgIpc) is 2.42. The van der Waals surface area contributed by atoms with E-state index in [1.165, 1.54) is 6.42 Å². The minimum absolute atomic E-state index is 0.0368. The molecule has 0 saturated heterocycles. The summed E-state index contributed by atoms with van der Waals surface area (Å²) in [5.74, 6) is -1.41. The molecule has 2 N–H and O–H groups in total. The van der Waals surface area contributed by atoms with Gasteiger partial charge in [0, 0.05) is 0 Å². The van der Waals surface area contributed by atoms with Crippen LogP contribution in [-0.4, -0.2) is 35.7 Å². The van der Waals surface area contributed by atoms with E-state index in [2.05, 4.69) is 5.32 Å². The van der Waals surface area contributed by atoms with E-state index in [0.29, 0.717) is 6.42 Å². The Hall–Kier alpha value is -1.10. The number of carboxylic acids is 1. The van der Waals surface area contributed by atoms with Gasteiger partial charge in [0.25, 0.3) is 0 Å². The van der Waals surface area contributed by atoms with Crippen molar-refractivity contribution in [3.8, 4) is 0 Å². The van der Waals surface area contributed by atoms with Gasteiger partial charge in [-0.3, -0.25) is 4.79 Å². The predicted molar refractivity (Wildman–Crippen MR) is 71.8 cm³/mol. The van der Waals surface area contributed by atoms with Gasteiger partial charge >= 0.3 is 5.97 Å². The lowest BCUT2D eigenvalue weighted by atomic mass is 9.98. The quantitative estimate of drug-likeness (QED) is 0.742. The Morgan fingerprint density at radius 3 is 2.47 bits per heavy atom. The van der Waals surface area contributed by atoms with Gasteiger partial charge in [-0.25, -0.2) is 4.79 Å². The molecule has 0 aromatic carbocycles. The van der Waals surface area contributed by atoms with Crippen molar-refractivity contribution in [2.24, 2.45) is 5.92 Å². The topological polar surface area (TPSA) is 75.6 Å². The molecule has 0 radical (unpaired) electrons. The molecular weight excluding hydrogens is 246 g/mol. The largest absolute Gasteiger partial charge is 0.480 e. The maximum atomic E-state index is 11.7. The van der Waals surface area contributed by atoms with Crippen molar-refractivity contribution < 1.29 is 19.4 Å². The fraction of sp³-hybridized carbons (Fsp3) is 0.857. The third-order valence-electron chi connectivity index (χ3n) is 3.80. The summed E-state index contributed by atoms with van der Waals surface area (Å²) in [6.07, 6.45) is 6.41. The van der Waals surface area contributed by atoms with Crippen molar-refractivity contribution in [1.82, 2.24) is 5.32 Å². The van der Waals surface area contributed by atoms with Crippen LogP contribution in [0.5, 0.6) is 0 Å². The molecule has 1 amide bonds. The standard InChI is InChI=1S/C14H25NO4/c1-3-10(2)13(14(17)18)15-12(16)9-19-11-7-5-4-6-8-11/h10-11,13H,3-9H2,1-2H3,(H,15,16)(H,17,18)/t10-,13+/m1/s1. The Morgan fingerprint density at radius 2 is 1.95 bits per heavy atom. The highest BCUT2D eigenvalue weighted by Crippen LogP contribution is 2.20. The Bertz CT molecular complexity index is 300. The summed E-state index contributed by atoms with van der Waals surface area (Å²) in [4.78, 5) is 22.8. The van der Waals surface area contributed by atoms with Crippen molar-refractivity contribution in [3.63, 3.8) is 0 Å². The van der Waals surface area contributed by atoms with Crippen LogP contribution in [0.15, 0.2) is 0 Å². The Morgan fingerprint density at radius 1 is 1.32 bits per heavy atom. The van der Waals surface area contributed by atoms with Crippen LogP contribution >= 0.6 is 0 Å². The van der Waals surface area contributed by atoms with Crippen molar-refractivity contribution >= 4 is 11.9 Å². The number of carbonyl (C=O) groups is 2. The Labute approximate surface area is 114 Å². The molecule has 0 unspecified atom stereocenters. The zero-order valence-electron chi connectivity index (χ0n) is 11.9. The number of ether oxygens (including phenoxy) is 1. The SMILES string of the molecule is CC[C@@H](C)[C@H](NC(=O)COC1CCCCC1)C(=O)O. The first-order valence-electron chi connectivity index (χ1n) is 7.18. The van der Waals surface area contributed by atoms with Gasteiger partial charge in [0.2, 0.25) is 5.91 Å². The van der Waals surface area contributed by atoms with E-state index >= 15 is 0 Å². The minimum atomic E-state index is -0.986. The molecule has 0 bridgehead atoms. The number of carbonyl (C=O) groups excluding carboxylic acids is 1. The molecule has 110 valence electrons. The first-order chi connectivity index (χ1) is 9.04. The molecule has 0 aliphatic heterocycles. The van der Waals surface area contributed by atoms with E-state index in [9.17, 15) is 9.59 Å². The zero-order chi connectivity index (χ0) is 14.3. The molecule has 1 saturated carbocycles. The molecule has 1 aliphatic carbocycles. The zero-order valence-corrected chi connectivity index (χ0v) is 11.9. The monoisotopic (exact) mass is 271 g/mol. The van der Waals surface area contributed by atoms with E-state index in [0.717, 1.165) is 25.7 Å². The maximum absolute atomic E-state index is 11.7. The lowest BCUT2D eigenvalue weighted by Crippen LogP contribution is -2.46. The third-order valence-corrected chi connectivity index (χ3v) is 3.80. The van der Waals surface area contributed by atoms with Crippen LogP contribution in [0.1, 0.15) is 52.4 Å². The lowest BCUT2D eigenvalue weighted by molar-refractivity contribution is -0.144. The fourth-order valence-corrected chi connectivity index (χ4v) is 2.32. The summed E-state index contributed by atoms with van der Waals surface area (Å²) in [5.41, 5.74) is 0. The number of hydrogen-bond acceptors (Lipinski definition) is 3. The summed E-state index contributed by atoms with van der Waals surface area (Å²) in [7, 11) is 0. The first-order valence-corrected chi connectivity index (χ1v) is 7.18. The van der Waals surface area contributed by atoms with Crippen molar-refractivity contribution in [3.05, 3.63) is 0 Å². The smallest absolute Gasteiger partial charge is 0.326 e. The summed E-state index contributed by atoms with van der Waals surface area (Å²) in [6.45, 7) is 3.69. The molecule has 0 aromatic rings. The highest BCUT2D eigenvalue weighted by Gasteiger charge is 2.25. The van der Waals surface area contributed by atoms with Crippen LogP contribution in [0.4, 0.5) is 0 Å². The van der Waals surface area contributed by atoms with Crippen LogP contribution in [-0.2, 0) is 14.3 Å². The molecule has 19 heavy (non-hydrogen) atoms. The highest BCUT2D eigenvalue weighted by molar-refractivity contribution is 5.84. The molecule has 1 fully saturated rings. The van der Waals surface area contributed by atoms with E-state index in [1.807, 2.05) is 13.8 Å². The molecule has 0 aromatic heterocycles. The molecular formula is C14H25NO4. The molecule has 5 nitrogen and oxygen atoms in total. The summed E-state index contributed by atoms with van der Waals surface area (Å²) in [5, 5.41) is 11.6. The third kappa shape index (κ3) is 5.59. The summed E-state index contributed by atoms with van der Waals surface area (Å²) >= 11 is 0. The van der Waals surface area contributed by atoms with E-state index < -0.39 is 12.0 Å². The Balaban J connectivity index is 2.33. The van der Waals surface area contributed by atoms with Gasteiger partial charge in [0.05, 0.1) is 6.10 Å². The van der Waals surface area contributed by atoms with Crippen LogP contribution in [0, 0.1) is 5.92 Å². The van der Waals surface area contributed by atoms with E-state index in [1.54, 1.807) is 0 Å². The van der Waals surface area contributed by atoms with Gasteiger partial charge in [0.15, 0.2) is 0 Å². The van der Waals surface area contributed by atoms with Gasteiger partial charge in [0.1, 0.15) is 12.6 Å². The number of rotatable bonds is 7. The molecule has 0 heterocycles. The lowest BCUT2D eigenvalue weighted by Gasteiger charge is -2.23. The van der Waals surface area contributed by atoms with Gasteiger partial charge in [-0.15, -0.1) is 0 Å². The molecule has 1 rings (SSSR count). The number of hydrogen-bond donors (Lipinski definition) is 2. The minimum Gasteiger partial charge on any atom is -0.480 e. The molecule has 1 aliphatic rings. The number of aliphatic carboxylic acids is 1. The van der Waals surface area contributed by atoms with Crippen LogP contribution in [0.2, 0.25) is 0 Å². The van der Waals surface area contributed by atoms with Crippen molar-refractivity contribution in [2.45, 2.75) is 64.5 Å². The second-order valence-electron chi connectivity index (χ2n) is 5.34. The molecule has 5 heteroatoms. The summed E-state index contributed by atoms with van der Waals surface area (Å²) < 4.78 is 5.53. The van der Waals surface area contributed by atoms with Gasteiger partial charge in [-0.05, 0) is 18.8 Å². The normalized spacial score (nSPS) is 19.7. The van der Waals surface area contributed by atoms with Gasteiger partial charge in [-0.2, -0.15) is 0 Å². The second-order valence-corrected chi connectivity index (χ2v) is 5.34. The summed E-state index contributed by atoms with van der Waals surface area (Å²) in [6, 6.07) is -0.826. The fourth-order valence-electron chi connectivity index (χ4n) is 2.32. The van der Waals surface area contributed by atoms with E-state index in [4.69, 9.17) is 9.84 Å². The van der Waals surface area contributed by atoms with E-state index in [-0.39, 0.29) is 24.5 Å². The first kappa shape index (κ1) is 16.0. The highest BCUT2D eigenvalue weighted by atomic mass is 16.5. The van der Waals surface area contributed by atoms with Crippen LogP contribution < -0.4 is 5.32 Å². The molecule has 0 spiro atoms. The predicted octanol–water partition coefficient (Wildman–Crippen LogP) is 1.95. The van der Waals surface area contributed by atoms with Gasteiger partial charge < -0.3 is 15.2 Å². The van der Waals surface area contributed by atoms with Crippen molar-refractivity contribution in [2.75, 3.05) is 6.61 Å². The van der Waals surface area contributed by atoms with Crippen molar-refractivity contribution in [1.29, 1.82) is 0 Å². The Kier molecular flexibility index (Phi) is 6.84. The molecule has 2 atom stereocenters. The van der Waals surface area contributed by atoms with Crippen LogP contribution in [0.25, 0.3) is 0 Å². The van der Waals surface area contributed by atoms with Crippen LogP contribution in [0.3, 0.4) is 0 Å². The average molecular weight is 271 g/mol. The number of nitrogens with one attached hydrogen (secondary N) is 1.